The predicted molar refractivity (Wildman–Crippen MR) is 113 cm³/mol. The quantitative estimate of drug-likeness (QED) is 0.518. The van der Waals surface area contributed by atoms with E-state index in [0.29, 0.717) is 38.0 Å². The van der Waals surface area contributed by atoms with Gasteiger partial charge in [-0.15, -0.1) is 0 Å². The van der Waals surface area contributed by atoms with Crippen molar-refractivity contribution in [3.63, 3.8) is 0 Å². The first-order chi connectivity index (χ1) is 13.5. The van der Waals surface area contributed by atoms with Gasteiger partial charge in [-0.3, -0.25) is 9.79 Å². The van der Waals surface area contributed by atoms with Crippen molar-refractivity contribution in [2.75, 3.05) is 44.7 Å². The maximum atomic E-state index is 12.5. The number of piperazine rings is 1. The summed E-state index contributed by atoms with van der Waals surface area (Å²) in [7, 11) is 1.76. The molecule has 0 bridgehead atoms. The topological polar surface area (TPSA) is 85.8 Å². The molecule has 1 aliphatic heterocycles. The smallest absolute Gasteiger partial charge is 0.225 e. The lowest BCUT2D eigenvalue weighted by Crippen LogP contribution is -2.50. The standard InChI is InChI=1S/C20H35N7O/c1-16(2)6-7-17(3)25-19(21-4)22-11-8-18(28)26-12-14-27(15-13-26)20-23-9-5-10-24-20/h5,9-10,16-17H,6-8,11-15H2,1-4H3,(H2,21,22,25). The molecule has 1 aliphatic rings. The van der Waals surface area contributed by atoms with E-state index in [1.165, 1.54) is 6.42 Å². The highest BCUT2D eigenvalue weighted by atomic mass is 16.2. The van der Waals surface area contributed by atoms with Crippen molar-refractivity contribution >= 4 is 17.8 Å². The zero-order valence-corrected chi connectivity index (χ0v) is 17.7. The molecule has 0 saturated carbocycles. The minimum atomic E-state index is 0.171. The Hall–Kier alpha value is -2.38. The molecule has 1 amide bonds. The van der Waals surface area contributed by atoms with Gasteiger partial charge < -0.3 is 20.4 Å². The van der Waals surface area contributed by atoms with Gasteiger partial charge in [-0.05, 0) is 31.7 Å². The molecule has 8 heteroatoms. The van der Waals surface area contributed by atoms with Gasteiger partial charge in [0.2, 0.25) is 11.9 Å². The van der Waals surface area contributed by atoms with Crippen LogP contribution in [-0.2, 0) is 4.79 Å². The van der Waals surface area contributed by atoms with Crippen molar-refractivity contribution in [2.45, 2.75) is 46.1 Å². The summed E-state index contributed by atoms with van der Waals surface area (Å²) in [6.07, 6.45) is 6.24. The van der Waals surface area contributed by atoms with Gasteiger partial charge in [-0.25, -0.2) is 9.97 Å². The van der Waals surface area contributed by atoms with E-state index < -0.39 is 0 Å². The fourth-order valence-corrected chi connectivity index (χ4v) is 3.14. The van der Waals surface area contributed by atoms with Gasteiger partial charge in [0.05, 0.1) is 0 Å². The first-order valence-electron chi connectivity index (χ1n) is 10.3. The molecule has 156 valence electrons. The van der Waals surface area contributed by atoms with Crippen LogP contribution in [-0.4, -0.2) is 72.5 Å². The number of amides is 1. The number of anilines is 1. The van der Waals surface area contributed by atoms with Gasteiger partial charge in [0.1, 0.15) is 0 Å². The Morgan fingerprint density at radius 2 is 1.82 bits per heavy atom. The van der Waals surface area contributed by atoms with Crippen molar-refractivity contribution in [3.8, 4) is 0 Å². The molecule has 1 saturated heterocycles. The number of hydrogen-bond acceptors (Lipinski definition) is 5. The summed E-state index contributed by atoms with van der Waals surface area (Å²) in [5.41, 5.74) is 0. The molecule has 1 unspecified atom stereocenters. The molecule has 0 aromatic carbocycles. The van der Waals surface area contributed by atoms with Crippen LogP contribution in [0, 0.1) is 5.92 Å². The number of aliphatic imine (C=N–C) groups is 1. The van der Waals surface area contributed by atoms with Gasteiger partial charge in [-0.1, -0.05) is 13.8 Å². The van der Waals surface area contributed by atoms with E-state index in [0.717, 1.165) is 31.4 Å². The zero-order valence-electron chi connectivity index (χ0n) is 17.7. The van der Waals surface area contributed by atoms with Crippen molar-refractivity contribution in [1.82, 2.24) is 25.5 Å². The minimum absolute atomic E-state index is 0.171. The average molecular weight is 390 g/mol. The average Bonchev–Trinajstić information content (AvgIpc) is 2.72. The van der Waals surface area contributed by atoms with Crippen LogP contribution in [0.3, 0.4) is 0 Å². The SMILES string of the molecule is CN=C(NCCC(=O)N1CCN(c2ncccn2)CC1)NC(C)CCC(C)C. The molecule has 0 aliphatic carbocycles. The second kappa shape index (κ2) is 11.5. The van der Waals surface area contributed by atoms with Crippen LogP contribution < -0.4 is 15.5 Å². The first-order valence-corrected chi connectivity index (χ1v) is 10.3. The number of aromatic nitrogens is 2. The molecular formula is C20H35N7O. The van der Waals surface area contributed by atoms with Crippen LogP contribution in [0.1, 0.15) is 40.0 Å². The summed E-state index contributed by atoms with van der Waals surface area (Å²) in [5, 5.41) is 6.65. The van der Waals surface area contributed by atoms with E-state index >= 15 is 0 Å². The van der Waals surface area contributed by atoms with Gasteiger partial charge >= 0.3 is 0 Å². The third-order valence-electron chi connectivity index (χ3n) is 4.88. The summed E-state index contributed by atoms with van der Waals surface area (Å²) < 4.78 is 0. The second-order valence-corrected chi connectivity index (χ2v) is 7.68. The Morgan fingerprint density at radius 3 is 2.43 bits per heavy atom. The van der Waals surface area contributed by atoms with Crippen molar-refractivity contribution < 1.29 is 4.79 Å². The lowest BCUT2D eigenvalue weighted by molar-refractivity contribution is -0.131. The lowest BCUT2D eigenvalue weighted by atomic mass is 10.0. The third kappa shape index (κ3) is 7.32. The van der Waals surface area contributed by atoms with Gasteiger partial charge in [0, 0.05) is 64.6 Å². The van der Waals surface area contributed by atoms with Crippen LogP contribution in [0.15, 0.2) is 23.5 Å². The molecule has 1 atom stereocenters. The second-order valence-electron chi connectivity index (χ2n) is 7.68. The van der Waals surface area contributed by atoms with Crippen LogP contribution >= 0.6 is 0 Å². The van der Waals surface area contributed by atoms with Gasteiger partial charge in [0.15, 0.2) is 5.96 Å². The lowest BCUT2D eigenvalue weighted by Gasteiger charge is -2.34. The Bertz CT molecular complexity index is 612. The van der Waals surface area contributed by atoms with Crippen LogP contribution in [0.5, 0.6) is 0 Å². The number of nitrogens with one attached hydrogen (secondary N) is 2. The van der Waals surface area contributed by atoms with Crippen molar-refractivity contribution in [2.24, 2.45) is 10.9 Å². The molecule has 1 aromatic rings. The number of guanidine groups is 1. The molecular weight excluding hydrogens is 354 g/mol. The zero-order chi connectivity index (χ0) is 20.4. The Balaban J connectivity index is 1.66. The molecule has 0 spiro atoms. The molecule has 2 rings (SSSR count). The number of hydrogen-bond donors (Lipinski definition) is 2. The highest BCUT2D eigenvalue weighted by molar-refractivity contribution is 5.81. The molecule has 2 heterocycles. The summed E-state index contributed by atoms with van der Waals surface area (Å²) in [4.78, 5) is 29.3. The van der Waals surface area contributed by atoms with E-state index in [4.69, 9.17) is 0 Å². The molecule has 2 N–H and O–H groups in total. The molecule has 1 fully saturated rings. The van der Waals surface area contributed by atoms with Crippen LogP contribution in [0.25, 0.3) is 0 Å². The summed E-state index contributed by atoms with van der Waals surface area (Å²) in [6, 6.07) is 2.17. The number of carbonyl (C=O) groups excluding carboxylic acids is 1. The normalized spacial score (nSPS) is 16.2. The summed E-state index contributed by atoms with van der Waals surface area (Å²) in [6.45, 7) is 10.1. The van der Waals surface area contributed by atoms with Gasteiger partial charge in [-0.2, -0.15) is 0 Å². The number of nitrogens with zero attached hydrogens (tertiary/aromatic N) is 5. The fourth-order valence-electron chi connectivity index (χ4n) is 3.14. The highest BCUT2D eigenvalue weighted by Gasteiger charge is 2.22. The minimum Gasteiger partial charge on any atom is -0.356 e. The number of carbonyl (C=O) groups is 1. The Kier molecular flexibility index (Phi) is 8.97. The van der Waals surface area contributed by atoms with E-state index in [2.05, 4.69) is 51.3 Å². The highest BCUT2D eigenvalue weighted by Crippen LogP contribution is 2.10. The third-order valence-corrected chi connectivity index (χ3v) is 4.88. The van der Waals surface area contributed by atoms with Crippen LogP contribution in [0.2, 0.25) is 0 Å². The maximum Gasteiger partial charge on any atom is 0.225 e. The van der Waals surface area contributed by atoms with E-state index in [1.54, 1.807) is 19.4 Å². The summed E-state index contributed by atoms with van der Waals surface area (Å²) >= 11 is 0. The Morgan fingerprint density at radius 1 is 1.14 bits per heavy atom. The molecule has 28 heavy (non-hydrogen) atoms. The Labute approximate surface area is 168 Å². The molecule has 0 radical (unpaired) electrons. The van der Waals surface area contributed by atoms with Crippen molar-refractivity contribution in [1.29, 1.82) is 0 Å². The van der Waals surface area contributed by atoms with Crippen molar-refractivity contribution in [3.05, 3.63) is 18.5 Å². The van der Waals surface area contributed by atoms with E-state index in [-0.39, 0.29) is 5.91 Å². The van der Waals surface area contributed by atoms with Crippen LogP contribution in [0.4, 0.5) is 5.95 Å². The molecule has 8 nitrogen and oxygen atoms in total. The van der Waals surface area contributed by atoms with Gasteiger partial charge in [0.25, 0.3) is 0 Å². The number of rotatable bonds is 8. The first kappa shape index (κ1) is 21.9. The predicted octanol–water partition coefficient (Wildman–Crippen LogP) is 1.51. The monoisotopic (exact) mass is 389 g/mol. The maximum absolute atomic E-state index is 12.5. The largest absolute Gasteiger partial charge is 0.356 e. The van der Waals surface area contributed by atoms with E-state index in [9.17, 15) is 4.79 Å². The van der Waals surface area contributed by atoms with E-state index in [1.807, 2.05) is 11.0 Å². The summed E-state index contributed by atoms with van der Waals surface area (Å²) in [5.74, 6) is 2.36. The fraction of sp³-hybridized carbons (Fsp3) is 0.700. The molecule has 1 aromatic heterocycles.